The van der Waals surface area contributed by atoms with Gasteiger partial charge in [0.25, 0.3) is 0 Å². The Hall–Kier alpha value is -2.24. The maximum Gasteiger partial charge on any atom is 0.319 e. The molecule has 0 aliphatic carbocycles. The van der Waals surface area contributed by atoms with Crippen molar-refractivity contribution in [2.75, 3.05) is 40.4 Å². The minimum absolute atomic E-state index is 0.0624. The summed E-state index contributed by atoms with van der Waals surface area (Å²) in [5.41, 5.74) is 1.30. The first-order chi connectivity index (χ1) is 13.1. The molecule has 3 rings (SSSR count). The van der Waals surface area contributed by atoms with Crippen LogP contribution >= 0.6 is 0 Å². The molecule has 0 aromatic heterocycles. The van der Waals surface area contributed by atoms with Crippen LogP contribution in [0.15, 0.2) is 24.3 Å². The Morgan fingerprint density at radius 2 is 1.63 bits per heavy atom. The highest BCUT2D eigenvalue weighted by molar-refractivity contribution is 5.76. The summed E-state index contributed by atoms with van der Waals surface area (Å²) >= 11 is 0. The van der Waals surface area contributed by atoms with Crippen molar-refractivity contribution in [3.8, 4) is 5.75 Å². The minimum atomic E-state index is -0.152. The molecule has 2 saturated heterocycles. The van der Waals surface area contributed by atoms with E-state index < -0.39 is 0 Å². The Morgan fingerprint density at radius 3 is 2.22 bits per heavy atom. The second-order valence-electron chi connectivity index (χ2n) is 7.55. The number of carbonyl (C=O) groups excluding carboxylic acids is 2. The maximum atomic E-state index is 12.8. The molecule has 0 saturated carbocycles. The highest BCUT2D eigenvalue weighted by Crippen LogP contribution is 2.25. The number of likely N-dealkylation sites (tertiary alicyclic amines) is 2. The Kier molecular flexibility index (Phi) is 6.58. The predicted molar refractivity (Wildman–Crippen MR) is 103 cm³/mol. The van der Waals surface area contributed by atoms with Gasteiger partial charge in [-0.2, -0.15) is 0 Å². The first-order valence-electron chi connectivity index (χ1n) is 9.85. The maximum absolute atomic E-state index is 12.8. The smallest absolute Gasteiger partial charge is 0.319 e. The summed E-state index contributed by atoms with van der Waals surface area (Å²) in [4.78, 5) is 28.3. The van der Waals surface area contributed by atoms with E-state index in [4.69, 9.17) is 9.47 Å². The highest BCUT2D eigenvalue weighted by Gasteiger charge is 2.31. The number of piperidine rings is 2. The fraction of sp³-hybridized carbons (Fsp3) is 0.619. The summed E-state index contributed by atoms with van der Waals surface area (Å²) in [6.45, 7) is 2.90. The largest absolute Gasteiger partial charge is 0.497 e. The fourth-order valence-electron chi connectivity index (χ4n) is 4.13. The molecule has 2 aliphatic heterocycles. The molecule has 2 amide bonds. The minimum Gasteiger partial charge on any atom is -0.497 e. The van der Waals surface area contributed by atoms with Crippen LogP contribution in [0.5, 0.6) is 5.75 Å². The number of amides is 2. The molecule has 0 radical (unpaired) electrons. The lowest BCUT2D eigenvalue weighted by Gasteiger charge is -2.38. The number of hydrogen-bond donors (Lipinski definition) is 0. The standard InChI is InChI=1S/C21H30N2O4/c1-26-19-5-3-4-17(15-19)14-16-6-10-22(11-7-16)21(25)23-12-8-18(9-13-23)20(24)27-2/h3-5,15-16,18H,6-14H2,1-2H3. The van der Waals surface area contributed by atoms with Gasteiger partial charge in [0, 0.05) is 26.2 Å². The summed E-state index contributed by atoms with van der Waals surface area (Å²) in [5.74, 6) is 1.29. The number of hydrogen-bond acceptors (Lipinski definition) is 4. The van der Waals surface area contributed by atoms with E-state index in [0.717, 1.165) is 38.1 Å². The van der Waals surface area contributed by atoms with Gasteiger partial charge in [-0.15, -0.1) is 0 Å². The van der Waals surface area contributed by atoms with Crippen LogP contribution in [0.2, 0.25) is 0 Å². The van der Waals surface area contributed by atoms with Crippen molar-refractivity contribution in [1.82, 2.24) is 9.80 Å². The molecule has 1 aromatic rings. The summed E-state index contributed by atoms with van der Waals surface area (Å²) in [6, 6.07) is 8.37. The average molecular weight is 374 g/mol. The number of carbonyl (C=O) groups is 2. The van der Waals surface area contributed by atoms with Gasteiger partial charge in [-0.25, -0.2) is 4.79 Å². The third kappa shape index (κ3) is 4.93. The van der Waals surface area contributed by atoms with Crippen molar-refractivity contribution < 1.29 is 19.1 Å². The van der Waals surface area contributed by atoms with Gasteiger partial charge in [-0.05, 0) is 55.7 Å². The second kappa shape index (κ2) is 9.11. The van der Waals surface area contributed by atoms with E-state index in [-0.39, 0.29) is 17.9 Å². The summed E-state index contributed by atoms with van der Waals surface area (Å²) in [6.07, 6.45) is 4.49. The molecular weight excluding hydrogens is 344 g/mol. The van der Waals surface area contributed by atoms with Crippen molar-refractivity contribution in [3.05, 3.63) is 29.8 Å². The zero-order valence-electron chi connectivity index (χ0n) is 16.4. The first-order valence-corrected chi connectivity index (χ1v) is 9.85. The number of nitrogens with zero attached hydrogens (tertiary/aromatic N) is 2. The van der Waals surface area contributed by atoms with Gasteiger partial charge in [0.15, 0.2) is 0 Å². The molecule has 0 unspecified atom stereocenters. The van der Waals surface area contributed by atoms with E-state index >= 15 is 0 Å². The van der Waals surface area contributed by atoms with Crippen LogP contribution in [0.25, 0.3) is 0 Å². The predicted octanol–water partition coefficient (Wildman–Crippen LogP) is 2.95. The third-order valence-corrected chi connectivity index (χ3v) is 5.84. The fourth-order valence-corrected chi connectivity index (χ4v) is 4.13. The molecule has 2 heterocycles. The number of esters is 1. The van der Waals surface area contributed by atoms with E-state index in [2.05, 4.69) is 12.1 Å². The molecule has 6 heteroatoms. The molecule has 0 bridgehead atoms. The van der Waals surface area contributed by atoms with Crippen LogP contribution in [-0.4, -0.2) is 62.2 Å². The molecule has 0 spiro atoms. The van der Waals surface area contributed by atoms with Gasteiger partial charge < -0.3 is 19.3 Å². The third-order valence-electron chi connectivity index (χ3n) is 5.84. The molecule has 148 valence electrons. The van der Waals surface area contributed by atoms with Crippen molar-refractivity contribution >= 4 is 12.0 Å². The zero-order valence-corrected chi connectivity index (χ0v) is 16.4. The van der Waals surface area contributed by atoms with Crippen molar-refractivity contribution in [2.24, 2.45) is 11.8 Å². The first kappa shape index (κ1) is 19.5. The van der Waals surface area contributed by atoms with Gasteiger partial charge in [-0.3, -0.25) is 4.79 Å². The van der Waals surface area contributed by atoms with E-state index in [1.54, 1.807) is 7.11 Å². The lowest BCUT2D eigenvalue weighted by molar-refractivity contribution is -0.146. The molecule has 2 fully saturated rings. The summed E-state index contributed by atoms with van der Waals surface area (Å²) in [7, 11) is 3.12. The quantitative estimate of drug-likeness (QED) is 0.761. The monoisotopic (exact) mass is 374 g/mol. The molecule has 2 aliphatic rings. The van der Waals surface area contributed by atoms with Crippen LogP contribution in [0.4, 0.5) is 4.79 Å². The van der Waals surface area contributed by atoms with E-state index in [1.165, 1.54) is 12.7 Å². The van der Waals surface area contributed by atoms with Gasteiger partial charge >= 0.3 is 12.0 Å². The van der Waals surface area contributed by atoms with Gasteiger partial charge in [0.05, 0.1) is 20.1 Å². The van der Waals surface area contributed by atoms with Crippen LogP contribution in [0, 0.1) is 11.8 Å². The number of ether oxygens (including phenoxy) is 2. The number of rotatable bonds is 4. The van der Waals surface area contributed by atoms with Crippen LogP contribution in [0.3, 0.4) is 0 Å². The Labute approximate surface area is 161 Å². The number of urea groups is 1. The Bertz CT molecular complexity index is 647. The molecular formula is C21H30N2O4. The molecule has 0 N–H and O–H groups in total. The van der Waals surface area contributed by atoms with E-state index in [9.17, 15) is 9.59 Å². The lowest BCUT2D eigenvalue weighted by Crippen LogP contribution is -2.50. The van der Waals surface area contributed by atoms with Crippen molar-refractivity contribution in [2.45, 2.75) is 32.1 Å². The molecule has 0 atom stereocenters. The van der Waals surface area contributed by atoms with Crippen molar-refractivity contribution in [1.29, 1.82) is 0 Å². The van der Waals surface area contributed by atoms with E-state index in [0.29, 0.717) is 31.8 Å². The van der Waals surface area contributed by atoms with Gasteiger partial charge in [0.2, 0.25) is 0 Å². The van der Waals surface area contributed by atoms with Crippen LogP contribution < -0.4 is 4.74 Å². The lowest BCUT2D eigenvalue weighted by atomic mass is 9.90. The van der Waals surface area contributed by atoms with Gasteiger partial charge in [0.1, 0.15) is 5.75 Å². The summed E-state index contributed by atoms with van der Waals surface area (Å²) < 4.78 is 10.1. The van der Waals surface area contributed by atoms with Crippen molar-refractivity contribution in [3.63, 3.8) is 0 Å². The second-order valence-corrected chi connectivity index (χ2v) is 7.55. The zero-order chi connectivity index (χ0) is 19.2. The summed E-state index contributed by atoms with van der Waals surface area (Å²) in [5, 5.41) is 0. The van der Waals surface area contributed by atoms with E-state index in [1.807, 2.05) is 21.9 Å². The Balaban J connectivity index is 1.45. The SMILES string of the molecule is COC(=O)C1CCN(C(=O)N2CCC(Cc3cccc(OC)c3)CC2)CC1. The highest BCUT2D eigenvalue weighted by atomic mass is 16.5. The van der Waals surface area contributed by atoms with Crippen LogP contribution in [0.1, 0.15) is 31.2 Å². The molecule has 1 aromatic carbocycles. The number of methoxy groups -OCH3 is 2. The molecule has 27 heavy (non-hydrogen) atoms. The Morgan fingerprint density at radius 1 is 1.00 bits per heavy atom. The van der Waals surface area contributed by atoms with Gasteiger partial charge in [-0.1, -0.05) is 12.1 Å². The molecule has 6 nitrogen and oxygen atoms in total. The van der Waals surface area contributed by atoms with Crippen LogP contribution in [-0.2, 0) is 16.0 Å². The average Bonchev–Trinajstić information content (AvgIpc) is 2.73. The number of benzene rings is 1. The normalized spacial score (nSPS) is 19.0. The topological polar surface area (TPSA) is 59.1 Å².